The van der Waals surface area contributed by atoms with E-state index in [1.807, 2.05) is 0 Å². The van der Waals surface area contributed by atoms with Gasteiger partial charge >= 0.3 is 6.09 Å². The first-order chi connectivity index (χ1) is 5.99. The van der Waals surface area contributed by atoms with Crippen molar-refractivity contribution in [2.24, 2.45) is 0 Å². The summed E-state index contributed by atoms with van der Waals surface area (Å²) in [6.07, 6.45) is -2.67. The lowest BCUT2D eigenvalue weighted by Gasteiger charge is -2.27. The summed E-state index contributed by atoms with van der Waals surface area (Å²) in [6.45, 7) is 4.73. The Morgan fingerprint density at radius 2 is 1.92 bits per heavy atom. The van der Waals surface area contributed by atoms with Gasteiger partial charge in [0, 0.05) is 0 Å². The molecular weight excluding hydrogens is 176 g/mol. The maximum absolute atomic E-state index is 10.9. The molecule has 6 heteroatoms. The zero-order valence-corrected chi connectivity index (χ0v) is 8.02. The molecule has 0 fully saturated rings. The van der Waals surface area contributed by atoms with Crippen molar-refractivity contribution in [3.63, 3.8) is 0 Å². The van der Waals surface area contributed by atoms with Gasteiger partial charge in [0.2, 0.25) is 0 Å². The van der Waals surface area contributed by atoms with Crippen LogP contribution in [0.2, 0.25) is 0 Å². The van der Waals surface area contributed by atoms with Crippen LogP contribution in [0.15, 0.2) is 0 Å². The van der Waals surface area contributed by atoms with Gasteiger partial charge in [-0.15, -0.1) is 0 Å². The van der Waals surface area contributed by atoms with Crippen LogP contribution in [-0.2, 0) is 4.74 Å². The molecule has 78 valence electrons. The maximum Gasteiger partial charge on any atom is 0.421 e. The summed E-state index contributed by atoms with van der Waals surface area (Å²) in [5.41, 5.74) is 2.19. The van der Waals surface area contributed by atoms with Gasteiger partial charge in [0.25, 0.3) is 0 Å². The first kappa shape index (κ1) is 12.2. The van der Waals surface area contributed by atoms with Gasteiger partial charge in [-0.25, -0.2) is 10.2 Å². The minimum atomic E-state index is -0.982. The Bertz CT molecular complexity index is 153. The molecule has 0 spiro atoms. The van der Waals surface area contributed by atoms with E-state index in [-0.39, 0.29) is 6.61 Å². The number of carbonyl (C=O) groups excluding carboxylic acids is 1. The Kier molecular flexibility index (Phi) is 5.36. The van der Waals surface area contributed by atoms with Crippen LogP contribution in [-0.4, -0.2) is 40.4 Å². The van der Waals surface area contributed by atoms with Gasteiger partial charge in [-0.05, 0) is 20.8 Å². The predicted octanol–water partition coefficient (Wildman–Crippen LogP) is -0.374. The minimum Gasteiger partial charge on any atom is -0.449 e. The Balaban J connectivity index is 4.02. The smallest absolute Gasteiger partial charge is 0.421 e. The van der Waals surface area contributed by atoms with Crippen molar-refractivity contribution in [3.05, 3.63) is 0 Å². The molecule has 1 amide bonds. The first-order valence-electron chi connectivity index (χ1n) is 4.07. The van der Waals surface area contributed by atoms with Gasteiger partial charge in [-0.2, -0.15) is 5.01 Å². The highest BCUT2D eigenvalue weighted by Gasteiger charge is 2.18. The summed E-state index contributed by atoms with van der Waals surface area (Å²) >= 11 is 0. The number of aliphatic hydroxyl groups is 2. The Labute approximate surface area is 77.1 Å². The summed E-state index contributed by atoms with van der Waals surface area (Å²) in [5, 5.41) is 19.2. The quantitative estimate of drug-likeness (QED) is 0.418. The van der Waals surface area contributed by atoms with Gasteiger partial charge in [0.15, 0.2) is 0 Å². The fraction of sp³-hybridized carbons (Fsp3) is 0.857. The van der Waals surface area contributed by atoms with Gasteiger partial charge < -0.3 is 14.9 Å². The number of aliphatic hydroxyl groups excluding tert-OH is 2. The van der Waals surface area contributed by atoms with E-state index in [2.05, 4.69) is 10.2 Å². The van der Waals surface area contributed by atoms with Crippen molar-refractivity contribution in [1.82, 2.24) is 10.4 Å². The van der Waals surface area contributed by atoms with E-state index in [4.69, 9.17) is 10.2 Å². The third kappa shape index (κ3) is 4.66. The summed E-state index contributed by atoms with van der Waals surface area (Å²) < 4.78 is 4.56. The average molecular weight is 192 g/mol. The molecule has 13 heavy (non-hydrogen) atoms. The molecule has 0 rings (SSSR count). The molecule has 0 heterocycles. The van der Waals surface area contributed by atoms with Crippen molar-refractivity contribution in [2.45, 2.75) is 33.2 Å². The standard InChI is InChI=1S/C7H16N2O4/c1-4-13-7(12)8-9(5(2)10)6(3)11/h5-6,10-11H,4H2,1-3H3,(H,8,12). The lowest BCUT2D eigenvalue weighted by Crippen LogP contribution is -2.52. The van der Waals surface area contributed by atoms with Gasteiger partial charge in [-0.3, -0.25) is 0 Å². The molecule has 2 atom stereocenters. The zero-order valence-electron chi connectivity index (χ0n) is 8.02. The molecule has 0 saturated heterocycles. The Morgan fingerprint density at radius 3 is 2.23 bits per heavy atom. The molecular formula is C7H16N2O4. The SMILES string of the molecule is CCOC(=O)NN(C(C)O)C(C)O. The molecule has 0 aromatic carbocycles. The van der Waals surface area contributed by atoms with Gasteiger partial charge in [0.1, 0.15) is 12.5 Å². The largest absolute Gasteiger partial charge is 0.449 e. The molecule has 0 saturated carbocycles. The number of rotatable bonds is 4. The number of amides is 1. The highest BCUT2D eigenvalue weighted by molar-refractivity contribution is 5.66. The van der Waals surface area contributed by atoms with Gasteiger partial charge in [0.05, 0.1) is 6.61 Å². The third-order valence-electron chi connectivity index (χ3n) is 1.30. The normalized spacial score (nSPS) is 15.2. The zero-order chi connectivity index (χ0) is 10.4. The molecule has 0 aliphatic carbocycles. The average Bonchev–Trinajstić information content (AvgIpc) is 1.99. The van der Waals surface area contributed by atoms with Crippen molar-refractivity contribution in [3.8, 4) is 0 Å². The minimum absolute atomic E-state index is 0.235. The summed E-state index contributed by atoms with van der Waals surface area (Å²) in [5.74, 6) is 0. The fourth-order valence-electron chi connectivity index (χ4n) is 0.768. The van der Waals surface area contributed by atoms with Crippen LogP contribution in [0.4, 0.5) is 4.79 Å². The maximum atomic E-state index is 10.9. The third-order valence-corrected chi connectivity index (χ3v) is 1.30. The topological polar surface area (TPSA) is 82.0 Å². The van der Waals surface area contributed by atoms with Crippen LogP contribution >= 0.6 is 0 Å². The van der Waals surface area contributed by atoms with E-state index >= 15 is 0 Å². The van der Waals surface area contributed by atoms with Crippen LogP contribution in [0.3, 0.4) is 0 Å². The molecule has 0 aromatic heterocycles. The number of hydrogen-bond acceptors (Lipinski definition) is 5. The molecule has 0 aromatic rings. The van der Waals surface area contributed by atoms with Crippen molar-refractivity contribution >= 4 is 6.09 Å². The van der Waals surface area contributed by atoms with Crippen LogP contribution in [0.5, 0.6) is 0 Å². The molecule has 0 aliphatic rings. The molecule has 0 bridgehead atoms. The molecule has 0 aliphatic heterocycles. The number of hydrogen-bond donors (Lipinski definition) is 3. The van der Waals surface area contributed by atoms with Crippen molar-refractivity contribution < 1.29 is 19.7 Å². The second-order valence-electron chi connectivity index (χ2n) is 2.50. The lowest BCUT2D eigenvalue weighted by atomic mass is 10.5. The highest BCUT2D eigenvalue weighted by Crippen LogP contribution is 1.96. The monoisotopic (exact) mass is 192 g/mol. The van der Waals surface area contributed by atoms with E-state index < -0.39 is 18.5 Å². The van der Waals surface area contributed by atoms with Crippen LogP contribution in [0.25, 0.3) is 0 Å². The van der Waals surface area contributed by atoms with E-state index in [0.29, 0.717) is 0 Å². The predicted molar refractivity (Wildman–Crippen MR) is 45.4 cm³/mol. The summed E-state index contributed by atoms with van der Waals surface area (Å²) in [4.78, 5) is 10.9. The summed E-state index contributed by atoms with van der Waals surface area (Å²) in [7, 11) is 0. The highest BCUT2D eigenvalue weighted by atomic mass is 16.6. The van der Waals surface area contributed by atoms with Crippen LogP contribution < -0.4 is 5.43 Å². The lowest BCUT2D eigenvalue weighted by molar-refractivity contribution is -0.112. The van der Waals surface area contributed by atoms with E-state index in [9.17, 15) is 4.79 Å². The fourth-order valence-corrected chi connectivity index (χ4v) is 0.768. The number of hydrazine groups is 1. The first-order valence-corrected chi connectivity index (χ1v) is 4.07. The number of nitrogens with zero attached hydrogens (tertiary/aromatic N) is 1. The van der Waals surface area contributed by atoms with Crippen molar-refractivity contribution in [2.75, 3.05) is 6.61 Å². The molecule has 3 N–H and O–H groups in total. The van der Waals surface area contributed by atoms with Crippen molar-refractivity contribution in [1.29, 1.82) is 0 Å². The summed E-state index contributed by atoms with van der Waals surface area (Å²) in [6, 6.07) is 0. The van der Waals surface area contributed by atoms with Gasteiger partial charge in [-0.1, -0.05) is 0 Å². The Hall–Kier alpha value is -0.850. The number of nitrogens with one attached hydrogen (secondary N) is 1. The molecule has 6 nitrogen and oxygen atoms in total. The Morgan fingerprint density at radius 1 is 1.46 bits per heavy atom. The van der Waals surface area contributed by atoms with E-state index in [1.54, 1.807) is 6.92 Å². The second kappa shape index (κ2) is 5.74. The van der Waals surface area contributed by atoms with Crippen LogP contribution in [0.1, 0.15) is 20.8 Å². The van der Waals surface area contributed by atoms with E-state index in [1.165, 1.54) is 13.8 Å². The van der Waals surface area contributed by atoms with Crippen LogP contribution in [0, 0.1) is 0 Å². The second-order valence-corrected chi connectivity index (χ2v) is 2.50. The number of carbonyl (C=O) groups is 1. The number of ether oxygens (including phenoxy) is 1. The van der Waals surface area contributed by atoms with E-state index in [0.717, 1.165) is 5.01 Å². The molecule has 0 radical (unpaired) electrons. The molecule has 2 unspecified atom stereocenters.